The number of morpholine rings is 1. The Bertz CT molecular complexity index is 1050. The fraction of sp³-hybridized carbons (Fsp3) is 0.538. The molecule has 1 aliphatic heterocycles. The van der Waals surface area contributed by atoms with Gasteiger partial charge in [0.15, 0.2) is 5.76 Å². The van der Waals surface area contributed by atoms with E-state index in [1.54, 1.807) is 0 Å². The van der Waals surface area contributed by atoms with Crippen LogP contribution in [0.3, 0.4) is 0 Å². The van der Waals surface area contributed by atoms with Crippen LogP contribution in [0.25, 0.3) is 0 Å². The molecule has 0 bridgehead atoms. The number of benzene rings is 1. The second-order valence-electron chi connectivity index (χ2n) is 9.71. The van der Waals surface area contributed by atoms with E-state index in [-0.39, 0.29) is 6.10 Å². The molecule has 3 aromatic rings. The number of hydrogen-bond acceptors (Lipinski definition) is 5. The maximum atomic E-state index is 6.30. The van der Waals surface area contributed by atoms with Crippen molar-refractivity contribution in [3.05, 3.63) is 69.8 Å². The van der Waals surface area contributed by atoms with Crippen LogP contribution < -0.4 is 0 Å². The van der Waals surface area contributed by atoms with Gasteiger partial charge in [-0.25, -0.2) is 0 Å². The Morgan fingerprint density at radius 3 is 2.45 bits per heavy atom. The quantitative estimate of drug-likeness (QED) is 0.502. The summed E-state index contributed by atoms with van der Waals surface area (Å²) in [5.74, 6) is 1.39. The van der Waals surface area contributed by atoms with Crippen molar-refractivity contribution in [3.8, 4) is 0 Å². The first kappa shape index (κ1) is 22.6. The third-order valence-corrected chi connectivity index (χ3v) is 7.65. The van der Waals surface area contributed by atoms with Crippen LogP contribution in [0.4, 0.5) is 0 Å². The van der Waals surface area contributed by atoms with Crippen molar-refractivity contribution in [3.63, 3.8) is 0 Å². The van der Waals surface area contributed by atoms with Crippen molar-refractivity contribution in [2.75, 3.05) is 13.2 Å². The second kappa shape index (κ2) is 9.61. The average Bonchev–Trinajstić information content (AvgIpc) is 3.41. The molecule has 5 rings (SSSR count). The zero-order valence-electron chi connectivity index (χ0n) is 19.7. The molecule has 1 aromatic carbocycles. The summed E-state index contributed by atoms with van der Waals surface area (Å²) in [6, 6.07) is 13.4. The molecule has 2 aromatic heterocycles. The zero-order chi connectivity index (χ0) is 22.9. The van der Waals surface area contributed by atoms with Crippen LogP contribution in [0.1, 0.15) is 66.1 Å². The number of ether oxygens (including phenoxy) is 1. The summed E-state index contributed by atoms with van der Waals surface area (Å²) < 4.78 is 13.9. The second-order valence-corrected chi connectivity index (χ2v) is 10.1. The van der Waals surface area contributed by atoms with E-state index < -0.39 is 0 Å². The van der Waals surface area contributed by atoms with Crippen molar-refractivity contribution in [1.82, 2.24) is 19.8 Å². The normalized spacial score (nSPS) is 26.5. The molecule has 33 heavy (non-hydrogen) atoms. The zero-order valence-corrected chi connectivity index (χ0v) is 20.5. The molecule has 0 radical (unpaired) electrons. The molecule has 1 saturated heterocycles. The van der Waals surface area contributed by atoms with E-state index in [9.17, 15) is 0 Å². The number of aryl methyl sites for hydroxylation is 3. The van der Waals surface area contributed by atoms with E-state index in [1.807, 2.05) is 36.9 Å². The van der Waals surface area contributed by atoms with Gasteiger partial charge in [0.2, 0.25) is 0 Å². The molecule has 176 valence electrons. The lowest BCUT2D eigenvalue weighted by Gasteiger charge is -2.45. The highest BCUT2D eigenvalue weighted by atomic mass is 35.5. The summed E-state index contributed by atoms with van der Waals surface area (Å²) >= 11 is 6.11. The lowest BCUT2D eigenvalue weighted by Crippen LogP contribution is -2.53. The topological polar surface area (TPSA) is 56.3 Å². The summed E-state index contributed by atoms with van der Waals surface area (Å²) in [5.41, 5.74) is 4.68. The van der Waals surface area contributed by atoms with Gasteiger partial charge in [-0.05, 0) is 69.7 Å². The monoisotopic (exact) mass is 468 g/mol. The highest BCUT2D eigenvalue weighted by Gasteiger charge is 2.37. The molecule has 0 amide bonds. The van der Waals surface area contributed by atoms with Crippen LogP contribution in [-0.2, 0) is 18.2 Å². The van der Waals surface area contributed by atoms with Gasteiger partial charge in [-0.2, -0.15) is 5.10 Å². The van der Waals surface area contributed by atoms with E-state index in [0.29, 0.717) is 24.6 Å². The minimum Gasteiger partial charge on any atom is -0.367 e. The van der Waals surface area contributed by atoms with Crippen LogP contribution in [0.5, 0.6) is 0 Å². The molecule has 6 nitrogen and oxygen atoms in total. The fourth-order valence-corrected chi connectivity index (χ4v) is 5.56. The molecular weight excluding hydrogens is 436 g/mol. The average molecular weight is 469 g/mol. The molecule has 1 saturated carbocycles. The summed E-state index contributed by atoms with van der Waals surface area (Å²) in [5, 5.41) is 9.62. The van der Waals surface area contributed by atoms with Crippen molar-refractivity contribution >= 4 is 11.6 Å². The van der Waals surface area contributed by atoms with Crippen LogP contribution in [0.2, 0.25) is 5.02 Å². The largest absolute Gasteiger partial charge is 0.367 e. The minimum atomic E-state index is -0.0659. The predicted molar refractivity (Wildman–Crippen MR) is 129 cm³/mol. The maximum Gasteiger partial charge on any atom is 0.167 e. The Labute approximate surface area is 200 Å². The summed E-state index contributed by atoms with van der Waals surface area (Å²) in [7, 11) is 2.03. The molecule has 0 N–H and O–H groups in total. The molecular formula is C26H33ClN4O2. The molecule has 0 unspecified atom stereocenters. The van der Waals surface area contributed by atoms with Gasteiger partial charge < -0.3 is 9.26 Å². The third-order valence-electron chi connectivity index (χ3n) is 7.40. The highest BCUT2D eigenvalue weighted by molar-refractivity contribution is 6.30. The Morgan fingerprint density at radius 1 is 1.06 bits per heavy atom. The van der Waals surface area contributed by atoms with Crippen molar-refractivity contribution < 1.29 is 9.26 Å². The molecule has 1 aliphatic carbocycles. The predicted octanol–water partition coefficient (Wildman–Crippen LogP) is 5.39. The maximum absolute atomic E-state index is 6.30. The molecule has 2 atom stereocenters. The minimum absolute atomic E-state index is 0.0659. The number of aromatic nitrogens is 3. The first-order valence-corrected chi connectivity index (χ1v) is 12.4. The number of rotatable bonds is 5. The van der Waals surface area contributed by atoms with Gasteiger partial charge in [0.25, 0.3) is 0 Å². The smallest absolute Gasteiger partial charge is 0.167 e. The lowest BCUT2D eigenvalue weighted by atomic mass is 9.82. The van der Waals surface area contributed by atoms with Gasteiger partial charge in [-0.1, -0.05) is 28.9 Å². The first-order valence-electron chi connectivity index (χ1n) is 12.0. The van der Waals surface area contributed by atoms with Crippen molar-refractivity contribution in [2.45, 2.75) is 70.1 Å². The van der Waals surface area contributed by atoms with E-state index in [1.165, 1.54) is 42.6 Å². The Kier molecular flexibility index (Phi) is 6.59. The summed E-state index contributed by atoms with van der Waals surface area (Å²) in [6.07, 6.45) is 5.61. The van der Waals surface area contributed by atoms with Crippen molar-refractivity contribution in [1.29, 1.82) is 0 Å². The number of nitrogens with zero attached hydrogens (tertiary/aromatic N) is 4. The van der Waals surface area contributed by atoms with Gasteiger partial charge >= 0.3 is 0 Å². The van der Waals surface area contributed by atoms with E-state index in [4.69, 9.17) is 26.0 Å². The van der Waals surface area contributed by atoms with Crippen molar-refractivity contribution in [2.24, 2.45) is 7.05 Å². The van der Waals surface area contributed by atoms with Gasteiger partial charge in [-0.3, -0.25) is 9.58 Å². The Morgan fingerprint density at radius 2 is 1.82 bits per heavy atom. The van der Waals surface area contributed by atoms with Crippen LogP contribution in [0, 0.1) is 13.8 Å². The number of halogens is 1. The van der Waals surface area contributed by atoms with E-state index in [0.717, 1.165) is 29.4 Å². The molecule has 3 heterocycles. The number of hydrogen-bond donors (Lipinski definition) is 0. The molecule has 0 spiro atoms. The van der Waals surface area contributed by atoms with Gasteiger partial charge in [0.1, 0.15) is 6.10 Å². The first-order chi connectivity index (χ1) is 16.0. The van der Waals surface area contributed by atoms with E-state index >= 15 is 0 Å². The van der Waals surface area contributed by atoms with E-state index in [2.05, 4.69) is 35.2 Å². The standard InChI is InChI=1S/C26H33ClN4O2/c1-17-12-25(33-29-17)26-15-31(23(16-32-26)14-19-4-8-21(27)9-5-19)22-10-6-20(7-11-22)24-13-18(2)30(3)28-24/h4-5,8-9,12-13,20,22-23,26H,6-7,10-11,14-16H2,1-3H3/t20?,22?,23-,26+/m0/s1. The van der Waals surface area contributed by atoms with Crippen LogP contribution in [0.15, 0.2) is 40.9 Å². The summed E-state index contributed by atoms with van der Waals surface area (Å²) in [6.45, 7) is 5.61. The molecule has 2 aliphatic rings. The van der Waals surface area contributed by atoms with Gasteiger partial charge in [0.05, 0.1) is 18.0 Å². The van der Waals surface area contributed by atoms with Gasteiger partial charge in [0, 0.05) is 48.4 Å². The molecule has 2 fully saturated rings. The third kappa shape index (κ3) is 5.03. The lowest BCUT2D eigenvalue weighted by molar-refractivity contribution is -0.0944. The Balaban J connectivity index is 1.31. The summed E-state index contributed by atoms with van der Waals surface area (Å²) in [4.78, 5) is 2.68. The van der Waals surface area contributed by atoms with Gasteiger partial charge in [-0.15, -0.1) is 0 Å². The SMILES string of the molecule is Cc1cc([C@H]2CN(C3CCC(c4cc(C)n(C)n4)CC3)[C@@H](Cc3ccc(Cl)cc3)CO2)on1. The fourth-order valence-electron chi connectivity index (χ4n) is 5.43. The highest BCUT2D eigenvalue weighted by Crippen LogP contribution is 2.38. The van der Waals surface area contributed by atoms with Crippen LogP contribution >= 0.6 is 11.6 Å². The van der Waals surface area contributed by atoms with Crippen LogP contribution in [-0.4, -0.2) is 45.1 Å². The molecule has 7 heteroatoms. The Hall–Kier alpha value is -2.15.